The highest BCUT2D eigenvalue weighted by atomic mass is 16.1. The van der Waals surface area contributed by atoms with Crippen LogP contribution >= 0.6 is 0 Å². The largest absolute Gasteiger partial charge is 0.352 e. The number of rotatable bonds is 6. The van der Waals surface area contributed by atoms with Gasteiger partial charge in [0.2, 0.25) is 5.91 Å². The van der Waals surface area contributed by atoms with Crippen LogP contribution in [0.15, 0.2) is 55.2 Å². The number of nitrogens with zero attached hydrogens (tertiary/aromatic N) is 5. The molecule has 0 radical (unpaired) electrons. The molecule has 0 aliphatic rings. The average Bonchev–Trinajstić information content (AvgIpc) is 3.24. The van der Waals surface area contributed by atoms with Crippen LogP contribution in [0.1, 0.15) is 12.0 Å². The van der Waals surface area contributed by atoms with Gasteiger partial charge in [0.05, 0.1) is 0 Å². The summed E-state index contributed by atoms with van der Waals surface area (Å²) in [7, 11) is 0. The van der Waals surface area contributed by atoms with Crippen LogP contribution in [0.5, 0.6) is 0 Å². The normalized spacial score (nSPS) is 10.5. The first-order chi connectivity index (χ1) is 10.8. The van der Waals surface area contributed by atoms with E-state index in [0.29, 0.717) is 19.5 Å². The quantitative estimate of drug-likeness (QED) is 0.740. The van der Waals surface area contributed by atoms with Crippen molar-refractivity contribution in [1.29, 1.82) is 0 Å². The van der Waals surface area contributed by atoms with E-state index in [4.69, 9.17) is 0 Å². The van der Waals surface area contributed by atoms with Gasteiger partial charge in [-0.2, -0.15) is 10.2 Å². The third-order valence-electron chi connectivity index (χ3n) is 3.19. The number of pyridine rings is 1. The Bertz CT molecular complexity index is 720. The van der Waals surface area contributed by atoms with Crippen molar-refractivity contribution >= 4 is 5.91 Å². The van der Waals surface area contributed by atoms with Crippen LogP contribution in [0.2, 0.25) is 0 Å². The van der Waals surface area contributed by atoms with Crippen molar-refractivity contribution in [2.45, 2.75) is 19.5 Å². The fourth-order valence-corrected chi connectivity index (χ4v) is 2.10. The molecule has 0 spiro atoms. The van der Waals surface area contributed by atoms with Crippen LogP contribution < -0.4 is 5.32 Å². The number of hydrogen-bond donors (Lipinski definition) is 1. The molecule has 0 aliphatic carbocycles. The summed E-state index contributed by atoms with van der Waals surface area (Å²) in [6, 6.07) is 7.45. The second-order valence-corrected chi connectivity index (χ2v) is 4.73. The van der Waals surface area contributed by atoms with Crippen LogP contribution in [0.4, 0.5) is 0 Å². The molecule has 3 aromatic heterocycles. The molecule has 0 fully saturated rings. The Kier molecular flexibility index (Phi) is 4.24. The van der Waals surface area contributed by atoms with E-state index in [1.54, 1.807) is 28.0 Å². The van der Waals surface area contributed by atoms with E-state index in [9.17, 15) is 4.79 Å². The fraction of sp³-hybridized carbons (Fsp3) is 0.200. The lowest BCUT2D eigenvalue weighted by Gasteiger charge is -2.09. The highest BCUT2D eigenvalue weighted by Crippen LogP contribution is 2.09. The van der Waals surface area contributed by atoms with E-state index < -0.39 is 0 Å². The molecule has 1 N–H and O–H groups in total. The fourth-order valence-electron chi connectivity index (χ4n) is 2.10. The minimum atomic E-state index is -0.0224. The Morgan fingerprint density at radius 3 is 2.73 bits per heavy atom. The minimum Gasteiger partial charge on any atom is -0.352 e. The molecule has 0 saturated carbocycles. The highest BCUT2D eigenvalue weighted by Gasteiger charge is 2.08. The van der Waals surface area contributed by atoms with Gasteiger partial charge in [-0.25, -0.2) is 9.67 Å². The van der Waals surface area contributed by atoms with Crippen molar-refractivity contribution in [3.63, 3.8) is 0 Å². The zero-order valence-corrected chi connectivity index (χ0v) is 12.0. The topological polar surface area (TPSA) is 77.6 Å². The third-order valence-corrected chi connectivity index (χ3v) is 3.19. The van der Waals surface area contributed by atoms with Crippen molar-refractivity contribution < 1.29 is 4.79 Å². The summed E-state index contributed by atoms with van der Waals surface area (Å²) < 4.78 is 3.42. The van der Waals surface area contributed by atoms with Gasteiger partial charge in [0.15, 0.2) is 5.82 Å². The number of amides is 1. The lowest BCUT2D eigenvalue weighted by Crippen LogP contribution is -2.25. The smallest absolute Gasteiger partial charge is 0.222 e. The first-order valence-corrected chi connectivity index (χ1v) is 7.01. The Morgan fingerprint density at radius 2 is 1.95 bits per heavy atom. The first-order valence-electron chi connectivity index (χ1n) is 7.01. The molecule has 3 heterocycles. The molecule has 112 valence electrons. The maximum atomic E-state index is 11.9. The molecule has 3 aromatic rings. The van der Waals surface area contributed by atoms with Crippen LogP contribution in [0.3, 0.4) is 0 Å². The number of aryl methyl sites for hydroxylation is 1. The van der Waals surface area contributed by atoms with E-state index in [-0.39, 0.29) is 5.91 Å². The Morgan fingerprint density at radius 1 is 1.09 bits per heavy atom. The van der Waals surface area contributed by atoms with Gasteiger partial charge < -0.3 is 5.32 Å². The Hall–Kier alpha value is -2.96. The second-order valence-electron chi connectivity index (χ2n) is 4.73. The third kappa shape index (κ3) is 3.38. The van der Waals surface area contributed by atoms with E-state index in [1.165, 1.54) is 0 Å². The molecule has 1 amide bonds. The molecule has 0 aromatic carbocycles. The molecule has 3 rings (SSSR count). The molecule has 0 unspecified atom stereocenters. The van der Waals surface area contributed by atoms with Crippen LogP contribution in [-0.2, 0) is 17.9 Å². The number of nitrogens with one attached hydrogen (secondary N) is 1. The van der Waals surface area contributed by atoms with E-state index in [1.807, 2.05) is 36.7 Å². The highest BCUT2D eigenvalue weighted by molar-refractivity contribution is 5.75. The van der Waals surface area contributed by atoms with Crippen molar-refractivity contribution in [1.82, 2.24) is 29.9 Å². The van der Waals surface area contributed by atoms with Gasteiger partial charge >= 0.3 is 0 Å². The molecule has 0 aliphatic heterocycles. The number of carbonyl (C=O) groups excluding carboxylic acids is 1. The standard InChI is InChI=1S/C15H16N6O/c22-14(5-11-20-9-2-7-18-20)17-12-13-4-1-6-16-15(13)21-10-3-8-19-21/h1-4,6-10H,5,11-12H2,(H,17,22). The summed E-state index contributed by atoms with van der Waals surface area (Å²) in [4.78, 5) is 16.2. The van der Waals surface area contributed by atoms with Crippen molar-refractivity contribution in [2.75, 3.05) is 0 Å². The lowest BCUT2D eigenvalue weighted by molar-refractivity contribution is -0.121. The first kappa shape index (κ1) is 14.0. The predicted molar refractivity (Wildman–Crippen MR) is 80.0 cm³/mol. The van der Waals surface area contributed by atoms with Gasteiger partial charge in [-0.1, -0.05) is 6.07 Å². The van der Waals surface area contributed by atoms with Crippen molar-refractivity contribution in [3.8, 4) is 5.82 Å². The molecule has 0 saturated heterocycles. The van der Waals surface area contributed by atoms with Gasteiger partial charge in [-0.3, -0.25) is 9.48 Å². The maximum absolute atomic E-state index is 11.9. The van der Waals surface area contributed by atoms with E-state index in [2.05, 4.69) is 20.5 Å². The van der Waals surface area contributed by atoms with Crippen LogP contribution in [-0.4, -0.2) is 30.5 Å². The molecular weight excluding hydrogens is 280 g/mol. The van der Waals surface area contributed by atoms with Crippen molar-refractivity contribution in [3.05, 3.63) is 60.8 Å². The lowest BCUT2D eigenvalue weighted by atomic mass is 10.2. The molecule has 22 heavy (non-hydrogen) atoms. The summed E-state index contributed by atoms with van der Waals surface area (Å²) >= 11 is 0. The van der Waals surface area contributed by atoms with Gasteiger partial charge in [-0.05, 0) is 18.2 Å². The monoisotopic (exact) mass is 296 g/mol. The van der Waals surface area contributed by atoms with Crippen LogP contribution in [0, 0.1) is 0 Å². The zero-order chi connectivity index (χ0) is 15.2. The second kappa shape index (κ2) is 6.66. The SMILES string of the molecule is O=C(CCn1cccn1)NCc1cccnc1-n1cccn1. The number of aromatic nitrogens is 5. The van der Waals surface area contributed by atoms with E-state index >= 15 is 0 Å². The summed E-state index contributed by atoms with van der Waals surface area (Å²) in [6.45, 7) is 0.985. The maximum Gasteiger partial charge on any atom is 0.222 e. The molecule has 0 bridgehead atoms. The predicted octanol–water partition coefficient (Wildman–Crippen LogP) is 1.17. The Labute approximate surface area is 127 Å². The van der Waals surface area contributed by atoms with Gasteiger partial charge in [0.25, 0.3) is 0 Å². The van der Waals surface area contributed by atoms with Crippen LogP contribution in [0.25, 0.3) is 5.82 Å². The molecule has 7 nitrogen and oxygen atoms in total. The average molecular weight is 296 g/mol. The summed E-state index contributed by atoms with van der Waals surface area (Å²) in [5.74, 6) is 0.700. The van der Waals surface area contributed by atoms with Crippen molar-refractivity contribution in [2.24, 2.45) is 0 Å². The number of hydrogen-bond acceptors (Lipinski definition) is 4. The van der Waals surface area contributed by atoms with Gasteiger partial charge in [0, 0.05) is 56.1 Å². The minimum absolute atomic E-state index is 0.0224. The zero-order valence-electron chi connectivity index (χ0n) is 12.0. The van der Waals surface area contributed by atoms with Gasteiger partial charge in [0.1, 0.15) is 0 Å². The summed E-state index contributed by atoms with van der Waals surface area (Å²) in [6.07, 6.45) is 9.15. The number of carbonyl (C=O) groups is 1. The molecule has 0 atom stereocenters. The molecule has 7 heteroatoms. The Balaban J connectivity index is 1.58. The van der Waals surface area contributed by atoms with E-state index in [0.717, 1.165) is 11.4 Å². The summed E-state index contributed by atoms with van der Waals surface area (Å²) in [5, 5.41) is 11.1. The molecular formula is C15H16N6O. The van der Waals surface area contributed by atoms with Gasteiger partial charge in [-0.15, -0.1) is 0 Å². The summed E-state index contributed by atoms with van der Waals surface area (Å²) in [5.41, 5.74) is 0.915.